The van der Waals surface area contributed by atoms with E-state index in [0.717, 1.165) is 13.1 Å². The standard InChI is InChI=1S/C13H21NOS/c1-10-6-5-7-11(2)13(10)9-14-8-12(3)16(4)15/h5-7,12,14H,8-9H2,1-4H3. The highest BCUT2D eigenvalue weighted by Crippen LogP contribution is 2.12. The molecule has 0 aliphatic carbocycles. The summed E-state index contributed by atoms with van der Waals surface area (Å²) < 4.78 is 11.2. The third-order valence-corrected chi connectivity index (χ3v) is 4.24. The number of nitrogens with one attached hydrogen (secondary N) is 1. The Morgan fingerprint density at radius 3 is 2.38 bits per heavy atom. The summed E-state index contributed by atoms with van der Waals surface area (Å²) >= 11 is 0. The van der Waals surface area contributed by atoms with Crippen molar-refractivity contribution >= 4 is 10.8 Å². The van der Waals surface area contributed by atoms with Crippen LogP contribution in [0, 0.1) is 13.8 Å². The monoisotopic (exact) mass is 239 g/mol. The van der Waals surface area contributed by atoms with Gasteiger partial charge in [-0.2, -0.15) is 0 Å². The Morgan fingerprint density at radius 2 is 1.88 bits per heavy atom. The van der Waals surface area contributed by atoms with Crippen LogP contribution in [0.3, 0.4) is 0 Å². The number of rotatable bonds is 5. The lowest BCUT2D eigenvalue weighted by molar-refractivity contribution is 0.645. The van der Waals surface area contributed by atoms with E-state index in [0.29, 0.717) is 0 Å². The first-order chi connectivity index (χ1) is 7.52. The summed E-state index contributed by atoms with van der Waals surface area (Å²) in [7, 11) is -0.741. The molecule has 0 aliphatic rings. The van der Waals surface area contributed by atoms with Crippen molar-refractivity contribution in [2.75, 3.05) is 12.8 Å². The first kappa shape index (κ1) is 13.4. The normalized spacial score (nSPS) is 14.8. The highest BCUT2D eigenvalue weighted by Gasteiger charge is 2.06. The fourth-order valence-corrected chi connectivity index (χ4v) is 2.00. The van der Waals surface area contributed by atoms with Gasteiger partial charge in [0.1, 0.15) is 0 Å². The Kier molecular flexibility index (Phi) is 5.16. The second-order valence-corrected chi connectivity index (χ2v) is 6.11. The van der Waals surface area contributed by atoms with Crippen molar-refractivity contribution in [2.45, 2.75) is 32.6 Å². The van der Waals surface area contributed by atoms with E-state index in [2.05, 4.69) is 37.4 Å². The Morgan fingerprint density at radius 1 is 1.31 bits per heavy atom. The lowest BCUT2D eigenvalue weighted by Crippen LogP contribution is -2.27. The van der Waals surface area contributed by atoms with E-state index >= 15 is 0 Å². The molecule has 0 spiro atoms. The maximum absolute atomic E-state index is 11.2. The molecule has 2 unspecified atom stereocenters. The Hall–Kier alpha value is -0.670. The summed E-state index contributed by atoms with van der Waals surface area (Å²) in [6, 6.07) is 6.34. The van der Waals surface area contributed by atoms with Gasteiger partial charge in [0.2, 0.25) is 0 Å². The Labute approximate surface area is 101 Å². The molecule has 0 saturated carbocycles. The van der Waals surface area contributed by atoms with Crippen LogP contribution in [0.1, 0.15) is 23.6 Å². The average molecular weight is 239 g/mol. The van der Waals surface area contributed by atoms with Crippen molar-refractivity contribution in [3.63, 3.8) is 0 Å². The van der Waals surface area contributed by atoms with Gasteiger partial charge in [0, 0.05) is 35.4 Å². The summed E-state index contributed by atoms with van der Waals surface area (Å²) in [6.07, 6.45) is 1.76. The number of hydrogen-bond acceptors (Lipinski definition) is 2. The topological polar surface area (TPSA) is 29.1 Å². The van der Waals surface area contributed by atoms with Crippen molar-refractivity contribution < 1.29 is 4.21 Å². The zero-order chi connectivity index (χ0) is 12.1. The minimum atomic E-state index is -0.741. The predicted octanol–water partition coefficient (Wildman–Crippen LogP) is 2.16. The van der Waals surface area contributed by atoms with Crippen LogP contribution >= 0.6 is 0 Å². The molecule has 0 saturated heterocycles. The predicted molar refractivity (Wildman–Crippen MR) is 71.2 cm³/mol. The van der Waals surface area contributed by atoms with Crippen LogP contribution < -0.4 is 5.32 Å². The fraction of sp³-hybridized carbons (Fsp3) is 0.538. The van der Waals surface area contributed by atoms with E-state index in [1.165, 1.54) is 16.7 Å². The van der Waals surface area contributed by atoms with E-state index in [-0.39, 0.29) is 5.25 Å². The summed E-state index contributed by atoms with van der Waals surface area (Å²) in [6.45, 7) is 7.93. The van der Waals surface area contributed by atoms with E-state index < -0.39 is 10.8 Å². The molecule has 2 atom stereocenters. The highest BCUT2D eigenvalue weighted by atomic mass is 32.2. The minimum absolute atomic E-state index is 0.212. The molecule has 1 aromatic carbocycles. The minimum Gasteiger partial charge on any atom is -0.311 e. The van der Waals surface area contributed by atoms with Crippen LogP contribution in [0.4, 0.5) is 0 Å². The second-order valence-electron chi connectivity index (χ2n) is 4.31. The van der Waals surface area contributed by atoms with Gasteiger partial charge in [-0.3, -0.25) is 4.21 Å². The van der Waals surface area contributed by atoms with Gasteiger partial charge in [-0.15, -0.1) is 0 Å². The molecule has 90 valence electrons. The van der Waals surface area contributed by atoms with Gasteiger partial charge in [-0.25, -0.2) is 0 Å². The maximum atomic E-state index is 11.2. The first-order valence-electron chi connectivity index (χ1n) is 5.60. The summed E-state index contributed by atoms with van der Waals surface area (Å²) in [5.41, 5.74) is 3.99. The number of aryl methyl sites for hydroxylation is 2. The maximum Gasteiger partial charge on any atom is 0.0441 e. The zero-order valence-corrected chi connectivity index (χ0v) is 11.4. The van der Waals surface area contributed by atoms with E-state index in [1.54, 1.807) is 6.26 Å². The molecule has 0 radical (unpaired) electrons. The Bertz CT molecular complexity index is 356. The molecule has 0 amide bonds. The smallest absolute Gasteiger partial charge is 0.0441 e. The van der Waals surface area contributed by atoms with Crippen molar-refractivity contribution in [2.24, 2.45) is 0 Å². The highest BCUT2D eigenvalue weighted by molar-refractivity contribution is 7.84. The van der Waals surface area contributed by atoms with Gasteiger partial charge in [-0.05, 0) is 37.5 Å². The van der Waals surface area contributed by atoms with Crippen LogP contribution in [-0.2, 0) is 17.3 Å². The van der Waals surface area contributed by atoms with Gasteiger partial charge >= 0.3 is 0 Å². The molecule has 1 N–H and O–H groups in total. The number of hydrogen-bond donors (Lipinski definition) is 1. The lowest BCUT2D eigenvalue weighted by atomic mass is 10.0. The van der Waals surface area contributed by atoms with Crippen molar-refractivity contribution in [1.29, 1.82) is 0 Å². The SMILES string of the molecule is Cc1cccc(C)c1CNCC(C)S(C)=O. The first-order valence-corrected chi connectivity index (χ1v) is 7.22. The third-order valence-electron chi connectivity index (χ3n) is 2.94. The molecule has 16 heavy (non-hydrogen) atoms. The molecule has 1 rings (SSSR count). The average Bonchev–Trinajstić information content (AvgIpc) is 2.22. The third kappa shape index (κ3) is 3.72. The van der Waals surface area contributed by atoms with Gasteiger partial charge < -0.3 is 5.32 Å². The van der Waals surface area contributed by atoms with E-state index in [9.17, 15) is 4.21 Å². The molecule has 1 aromatic rings. The summed E-state index contributed by atoms with van der Waals surface area (Å²) in [4.78, 5) is 0. The number of benzene rings is 1. The lowest BCUT2D eigenvalue weighted by Gasteiger charge is -2.13. The molecule has 0 aromatic heterocycles. The summed E-state index contributed by atoms with van der Waals surface area (Å²) in [5, 5.41) is 3.58. The fourth-order valence-electron chi connectivity index (χ4n) is 1.65. The van der Waals surface area contributed by atoms with Crippen molar-refractivity contribution in [3.8, 4) is 0 Å². The second kappa shape index (κ2) is 6.16. The van der Waals surface area contributed by atoms with Crippen LogP contribution in [0.15, 0.2) is 18.2 Å². The molecule has 0 fully saturated rings. The van der Waals surface area contributed by atoms with Gasteiger partial charge in [0.25, 0.3) is 0 Å². The van der Waals surface area contributed by atoms with E-state index in [4.69, 9.17) is 0 Å². The van der Waals surface area contributed by atoms with Crippen LogP contribution in [0.5, 0.6) is 0 Å². The van der Waals surface area contributed by atoms with Crippen LogP contribution in [0.2, 0.25) is 0 Å². The van der Waals surface area contributed by atoms with Crippen molar-refractivity contribution in [1.82, 2.24) is 5.32 Å². The molecule has 2 nitrogen and oxygen atoms in total. The molecule has 0 aliphatic heterocycles. The molecular weight excluding hydrogens is 218 g/mol. The molecule has 3 heteroatoms. The van der Waals surface area contributed by atoms with Gasteiger partial charge in [0.05, 0.1) is 0 Å². The van der Waals surface area contributed by atoms with E-state index in [1.807, 2.05) is 6.92 Å². The Balaban J connectivity index is 2.52. The van der Waals surface area contributed by atoms with Crippen LogP contribution in [-0.4, -0.2) is 22.3 Å². The molecule has 0 bridgehead atoms. The molecule has 0 heterocycles. The van der Waals surface area contributed by atoms with Crippen molar-refractivity contribution in [3.05, 3.63) is 34.9 Å². The van der Waals surface area contributed by atoms with Gasteiger partial charge in [-0.1, -0.05) is 18.2 Å². The van der Waals surface area contributed by atoms with Gasteiger partial charge in [0.15, 0.2) is 0 Å². The molecular formula is C13H21NOS. The van der Waals surface area contributed by atoms with Crippen LogP contribution in [0.25, 0.3) is 0 Å². The zero-order valence-electron chi connectivity index (χ0n) is 10.5. The summed E-state index contributed by atoms with van der Waals surface area (Å²) in [5.74, 6) is 0. The largest absolute Gasteiger partial charge is 0.311 e. The quantitative estimate of drug-likeness (QED) is 0.853.